The van der Waals surface area contributed by atoms with Gasteiger partial charge in [0.25, 0.3) is 5.91 Å². The zero-order valence-electron chi connectivity index (χ0n) is 19.4. The maximum Gasteiger partial charge on any atom is 0.253 e. The molecule has 3 atom stereocenters. The SMILES string of the molecule is CN(C)C(=O)c1ccc(-c2ccc(C3[C@@H]4CN(S(=O)(=O)Cc5ccccc5)C[C@H]3N4)cc2)cc1. The molecule has 1 unspecified atom stereocenters. The monoisotopic (exact) mass is 475 g/mol. The summed E-state index contributed by atoms with van der Waals surface area (Å²) in [5.41, 5.74) is 4.88. The highest BCUT2D eigenvalue weighted by atomic mass is 32.2. The predicted octanol–water partition coefficient (Wildman–Crippen LogP) is 3.33. The van der Waals surface area contributed by atoms with E-state index in [0.29, 0.717) is 24.6 Å². The number of rotatable bonds is 6. The third-order valence-electron chi connectivity index (χ3n) is 6.85. The Morgan fingerprint density at radius 1 is 0.882 bits per heavy atom. The molecule has 6 rings (SSSR count). The number of piperazine rings is 1. The Balaban J connectivity index is 1.25. The number of hydrogen-bond acceptors (Lipinski definition) is 4. The maximum absolute atomic E-state index is 12.9. The second kappa shape index (κ2) is 8.98. The molecule has 3 aromatic carbocycles. The minimum absolute atomic E-state index is 0.00857. The molecular weight excluding hydrogens is 446 g/mol. The highest BCUT2D eigenvalue weighted by molar-refractivity contribution is 7.88. The second-order valence-corrected chi connectivity index (χ2v) is 11.3. The minimum Gasteiger partial charge on any atom is -0.345 e. The molecule has 34 heavy (non-hydrogen) atoms. The molecule has 6 nitrogen and oxygen atoms in total. The van der Waals surface area contributed by atoms with Crippen molar-refractivity contribution < 1.29 is 13.2 Å². The van der Waals surface area contributed by atoms with Crippen LogP contribution in [0.5, 0.6) is 0 Å². The Bertz CT molecular complexity index is 1260. The molecule has 0 aromatic heterocycles. The first-order valence-corrected chi connectivity index (χ1v) is 13.1. The summed E-state index contributed by atoms with van der Waals surface area (Å²) in [6.07, 6.45) is 0. The molecule has 3 aliphatic heterocycles. The summed E-state index contributed by atoms with van der Waals surface area (Å²) in [6.45, 7) is 0.999. The van der Waals surface area contributed by atoms with E-state index in [-0.39, 0.29) is 23.7 Å². The zero-order chi connectivity index (χ0) is 23.9. The maximum atomic E-state index is 12.9. The second-order valence-electron chi connectivity index (χ2n) is 9.36. The number of hydrogen-bond donors (Lipinski definition) is 1. The van der Waals surface area contributed by atoms with Gasteiger partial charge in [-0.1, -0.05) is 66.7 Å². The Morgan fingerprint density at radius 3 is 2.00 bits per heavy atom. The molecule has 3 heterocycles. The summed E-state index contributed by atoms with van der Waals surface area (Å²) < 4.78 is 27.5. The van der Waals surface area contributed by atoms with Crippen molar-refractivity contribution in [3.05, 3.63) is 95.6 Å². The van der Waals surface area contributed by atoms with Gasteiger partial charge in [0.15, 0.2) is 0 Å². The fourth-order valence-corrected chi connectivity index (χ4v) is 6.59. The first-order chi connectivity index (χ1) is 16.3. The van der Waals surface area contributed by atoms with Crippen molar-refractivity contribution in [3.63, 3.8) is 0 Å². The van der Waals surface area contributed by atoms with Crippen LogP contribution in [0.3, 0.4) is 0 Å². The Labute approximate surface area is 201 Å². The zero-order valence-corrected chi connectivity index (χ0v) is 20.2. The van der Waals surface area contributed by atoms with Crippen LogP contribution in [0.4, 0.5) is 0 Å². The smallest absolute Gasteiger partial charge is 0.253 e. The van der Waals surface area contributed by atoms with Crippen molar-refractivity contribution in [1.29, 1.82) is 0 Å². The van der Waals surface area contributed by atoms with Gasteiger partial charge in [-0.25, -0.2) is 8.42 Å². The minimum atomic E-state index is -3.34. The first kappa shape index (κ1) is 22.8. The molecule has 1 amide bonds. The molecule has 0 spiro atoms. The van der Waals surface area contributed by atoms with Crippen LogP contribution >= 0.6 is 0 Å². The molecule has 0 saturated carbocycles. The van der Waals surface area contributed by atoms with Gasteiger partial charge in [-0.3, -0.25) is 4.79 Å². The van der Waals surface area contributed by atoms with Crippen molar-refractivity contribution in [2.45, 2.75) is 23.8 Å². The number of fused-ring (bicyclic) bond motifs is 2. The van der Waals surface area contributed by atoms with E-state index >= 15 is 0 Å². The fourth-order valence-electron chi connectivity index (χ4n) is 5.02. The summed E-state index contributed by atoms with van der Waals surface area (Å²) in [5.74, 6) is 0.356. The van der Waals surface area contributed by atoms with Crippen molar-refractivity contribution in [3.8, 4) is 11.1 Å². The largest absolute Gasteiger partial charge is 0.345 e. The van der Waals surface area contributed by atoms with E-state index in [2.05, 4.69) is 29.6 Å². The Kier molecular flexibility index (Phi) is 6.02. The highest BCUT2D eigenvalue weighted by Gasteiger charge is 2.49. The Morgan fingerprint density at radius 2 is 1.44 bits per heavy atom. The van der Waals surface area contributed by atoms with Crippen molar-refractivity contribution in [2.75, 3.05) is 27.2 Å². The van der Waals surface area contributed by atoms with E-state index in [1.165, 1.54) is 5.56 Å². The standard InChI is InChI=1S/C27H29N3O3S/c1-29(2)27(31)23-14-10-21(11-15-23)20-8-12-22(13-9-20)26-24-16-30(17-25(26)28-24)34(32,33)18-19-6-4-3-5-7-19/h3-15,24-26,28H,16-18H2,1-2H3/t24-,25+,26?. The van der Waals surface area contributed by atoms with Gasteiger partial charge >= 0.3 is 0 Å². The van der Waals surface area contributed by atoms with Gasteiger partial charge in [-0.15, -0.1) is 0 Å². The average molecular weight is 476 g/mol. The van der Waals surface area contributed by atoms with Gasteiger partial charge in [0, 0.05) is 50.7 Å². The molecule has 7 heteroatoms. The summed E-state index contributed by atoms with van der Waals surface area (Å²) >= 11 is 0. The van der Waals surface area contributed by atoms with Crippen LogP contribution in [-0.4, -0.2) is 62.8 Å². The van der Waals surface area contributed by atoms with E-state index in [1.807, 2.05) is 54.6 Å². The third kappa shape index (κ3) is 4.39. The number of carbonyl (C=O) groups is 1. The Hall–Kier alpha value is -3.00. The predicted molar refractivity (Wildman–Crippen MR) is 134 cm³/mol. The third-order valence-corrected chi connectivity index (χ3v) is 8.63. The summed E-state index contributed by atoms with van der Waals surface area (Å²) in [4.78, 5) is 13.7. The topological polar surface area (TPSA) is 69.7 Å². The van der Waals surface area contributed by atoms with Gasteiger partial charge < -0.3 is 10.2 Å². The molecule has 3 aromatic rings. The van der Waals surface area contributed by atoms with Crippen LogP contribution in [0.15, 0.2) is 78.9 Å². The molecule has 3 aliphatic rings. The van der Waals surface area contributed by atoms with Crippen LogP contribution in [-0.2, 0) is 15.8 Å². The van der Waals surface area contributed by atoms with E-state index in [9.17, 15) is 13.2 Å². The van der Waals surface area contributed by atoms with Crippen LogP contribution < -0.4 is 5.32 Å². The number of piperidine rings is 1. The van der Waals surface area contributed by atoms with E-state index < -0.39 is 10.0 Å². The molecule has 2 bridgehead atoms. The van der Waals surface area contributed by atoms with E-state index in [4.69, 9.17) is 0 Å². The number of sulfonamides is 1. The number of benzene rings is 3. The molecule has 0 aliphatic carbocycles. The van der Waals surface area contributed by atoms with E-state index in [0.717, 1.165) is 16.7 Å². The molecule has 3 saturated heterocycles. The van der Waals surface area contributed by atoms with E-state index in [1.54, 1.807) is 23.3 Å². The number of nitrogens with one attached hydrogen (secondary N) is 1. The summed E-state index contributed by atoms with van der Waals surface area (Å²) in [7, 11) is 0.159. The van der Waals surface area contributed by atoms with Gasteiger partial charge in [-0.05, 0) is 34.4 Å². The lowest BCUT2D eigenvalue weighted by atomic mass is 9.75. The number of nitrogens with zero attached hydrogens (tertiary/aromatic N) is 2. The van der Waals surface area contributed by atoms with Gasteiger partial charge in [0.1, 0.15) is 0 Å². The fraction of sp³-hybridized carbons (Fsp3) is 0.296. The quantitative estimate of drug-likeness (QED) is 0.594. The number of carbonyl (C=O) groups excluding carboxylic acids is 1. The molecule has 3 fully saturated rings. The summed E-state index contributed by atoms with van der Waals surface area (Å²) in [5, 5.41) is 3.52. The van der Waals surface area contributed by atoms with Gasteiger partial charge in [0.2, 0.25) is 10.0 Å². The average Bonchev–Trinajstić information content (AvgIpc) is 2.84. The normalized spacial score (nSPS) is 22.1. The van der Waals surface area contributed by atoms with Crippen molar-refractivity contribution >= 4 is 15.9 Å². The lowest BCUT2D eigenvalue weighted by Gasteiger charge is -2.54. The van der Waals surface area contributed by atoms with Crippen LogP contribution in [0.2, 0.25) is 0 Å². The van der Waals surface area contributed by atoms with Gasteiger partial charge in [0.05, 0.1) is 5.75 Å². The van der Waals surface area contributed by atoms with Gasteiger partial charge in [-0.2, -0.15) is 4.31 Å². The lowest BCUT2D eigenvalue weighted by molar-refractivity contribution is 0.0827. The van der Waals surface area contributed by atoms with Crippen LogP contribution in [0.25, 0.3) is 11.1 Å². The van der Waals surface area contributed by atoms with Crippen LogP contribution in [0, 0.1) is 0 Å². The highest BCUT2D eigenvalue weighted by Crippen LogP contribution is 2.38. The lowest BCUT2D eigenvalue weighted by Crippen LogP contribution is -2.72. The molecular formula is C27H29N3O3S. The number of amides is 1. The molecule has 1 N–H and O–H groups in total. The van der Waals surface area contributed by atoms with Crippen molar-refractivity contribution in [1.82, 2.24) is 14.5 Å². The first-order valence-electron chi connectivity index (χ1n) is 11.5. The molecule has 176 valence electrons. The van der Waals surface area contributed by atoms with Crippen LogP contribution in [0.1, 0.15) is 27.4 Å². The van der Waals surface area contributed by atoms with Crippen molar-refractivity contribution in [2.24, 2.45) is 0 Å². The summed E-state index contributed by atoms with van der Waals surface area (Å²) in [6, 6.07) is 25.8. The molecule has 0 radical (unpaired) electrons.